The first-order chi connectivity index (χ1) is 5.79. The first kappa shape index (κ1) is 8.78. The number of hydrogen-bond donors (Lipinski definition) is 0. The van der Waals surface area contributed by atoms with Gasteiger partial charge in [0.05, 0.1) is 12.7 Å². The van der Waals surface area contributed by atoms with Gasteiger partial charge in [-0.15, -0.1) is 0 Å². The molecule has 0 spiro atoms. The van der Waals surface area contributed by atoms with E-state index in [9.17, 15) is 4.79 Å². The first-order valence-corrected chi connectivity index (χ1v) is 3.87. The lowest BCUT2D eigenvalue weighted by atomic mass is 10.1. The predicted molar refractivity (Wildman–Crippen MR) is 46.0 cm³/mol. The lowest BCUT2D eigenvalue weighted by Gasteiger charge is -2.03. The summed E-state index contributed by atoms with van der Waals surface area (Å²) in [6, 6.07) is 8.35. The molecule has 0 N–H and O–H groups in total. The third-order valence-corrected chi connectivity index (χ3v) is 1.71. The van der Waals surface area contributed by atoms with Crippen molar-refractivity contribution in [2.75, 3.05) is 7.11 Å². The third kappa shape index (κ3) is 1.64. The molecule has 0 unspecified atom stereocenters. The van der Waals surface area contributed by atoms with Gasteiger partial charge in [0.25, 0.3) is 0 Å². The van der Waals surface area contributed by atoms with Crippen LogP contribution in [0.5, 0.6) is 0 Å². The van der Waals surface area contributed by atoms with E-state index in [1.54, 1.807) is 6.07 Å². The molecule has 0 saturated carbocycles. The highest BCUT2D eigenvalue weighted by atomic mass is 16.5. The van der Waals surface area contributed by atoms with Crippen molar-refractivity contribution in [2.45, 2.75) is 13.3 Å². The first-order valence-electron chi connectivity index (χ1n) is 3.87. The molecule has 0 aliphatic carbocycles. The lowest BCUT2D eigenvalue weighted by molar-refractivity contribution is 0.0599. The minimum atomic E-state index is -0.313. The van der Waals surface area contributed by atoms with Crippen LogP contribution in [-0.4, -0.2) is 13.1 Å². The molecular formula is C10H11O2. The summed E-state index contributed by atoms with van der Waals surface area (Å²) in [5.41, 5.74) is 1.52. The maximum absolute atomic E-state index is 11.1. The fourth-order valence-corrected chi connectivity index (χ4v) is 1.06. The Balaban J connectivity index is 3.04. The van der Waals surface area contributed by atoms with Gasteiger partial charge in [0.1, 0.15) is 0 Å². The summed E-state index contributed by atoms with van der Waals surface area (Å²) in [6.07, 6.45) is 0.821. The summed E-state index contributed by atoms with van der Waals surface area (Å²) >= 11 is 0. The van der Waals surface area contributed by atoms with Crippen LogP contribution in [0.4, 0.5) is 0 Å². The average Bonchev–Trinajstić information content (AvgIpc) is 2.16. The van der Waals surface area contributed by atoms with Gasteiger partial charge in [0, 0.05) is 0 Å². The molecule has 0 aromatic heterocycles. The van der Waals surface area contributed by atoms with E-state index in [1.807, 2.05) is 19.1 Å². The van der Waals surface area contributed by atoms with Crippen LogP contribution in [0.15, 0.2) is 18.2 Å². The zero-order valence-corrected chi connectivity index (χ0v) is 7.26. The summed E-state index contributed by atoms with van der Waals surface area (Å²) in [5, 5.41) is 0. The second kappa shape index (κ2) is 3.90. The quantitative estimate of drug-likeness (QED) is 0.622. The normalized spacial score (nSPS) is 9.50. The summed E-state index contributed by atoms with van der Waals surface area (Å²) in [4.78, 5) is 11.1. The number of esters is 1. The number of methoxy groups -OCH3 is 1. The Hall–Kier alpha value is -1.31. The van der Waals surface area contributed by atoms with Crippen molar-refractivity contribution in [1.29, 1.82) is 0 Å². The second-order valence-corrected chi connectivity index (χ2v) is 2.42. The minimum absolute atomic E-state index is 0.313. The summed E-state index contributed by atoms with van der Waals surface area (Å²) < 4.78 is 4.61. The highest BCUT2D eigenvalue weighted by Gasteiger charge is 2.08. The van der Waals surface area contributed by atoms with Gasteiger partial charge in [-0.25, -0.2) is 4.79 Å². The molecule has 0 bridgehead atoms. The van der Waals surface area contributed by atoms with Gasteiger partial charge >= 0.3 is 5.97 Å². The van der Waals surface area contributed by atoms with Crippen LogP contribution in [0.2, 0.25) is 0 Å². The van der Waals surface area contributed by atoms with E-state index in [2.05, 4.69) is 10.8 Å². The van der Waals surface area contributed by atoms with Crippen LogP contribution in [0.1, 0.15) is 22.8 Å². The topological polar surface area (TPSA) is 26.3 Å². The van der Waals surface area contributed by atoms with Crippen molar-refractivity contribution in [3.63, 3.8) is 0 Å². The Kier molecular flexibility index (Phi) is 2.86. The van der Waals surface area contributed by atoms with Crippen molar-refractivity contribution in [1.82, 2.24) is 0 Å². The van der Waals surface area contributed by atoms with Gasteiger partial charge in [0.2, 0.25) is 0 Å². The van der Waals surface area contributed by atoms with E-state index in [0.717, 1.165) is 12.0 Å². The average molecular weight is 163 g/mol. The van der Waals surface area contributed by atoms with Crippen molar-refractivity contribution < 1.29 is 9.53 Å². The van der Waals surface area contributed by atoms with E-state index in [-0.39, 0.29) is 5.97 Å². The Morgan fingerprint density at radius 1 is 1.67 bits per heavy atom. The summed E-state index contributed by atoms with van der Waals surface area (Å²) in [7, 11) is 1.38. The third-order valence-electron chi connectivity index (χ3n) is 1.71. The van der Waals surface area contributed by atoms with Crippen LogP contribution in [-0.2, 0) is 11.2 Å². The van der Waals surface area contributed by atoms with Gasteiger partial charge in [-0.3, -0.25) is 0 Å². The number of aryl methyl sites for hydroxylation is 1. The molecule has 1 rings (SSSR count). The molecule has 0 aliphatic heterocycles. The molecule has 0 amide bonds. The lowest BCUT2D eigenvalue weighted by Crippen LogP contribution is -2.04. The van der Waals surface area contributed by atoms with Crippen LogP contribution < -0.4 is 0 Å². The van der Waals surface area contributed by atoms with Crippen molar-refractivity contribution >= 4 is 5.97 Å². The van der Waals surface area contributed by atoms with Crippen LogP contribution in [0, 0.1) is 6.07 Å². The molecule has 1 aromatic carbocycles. The van der Waals surface area contributed by atoms with Crippen molar-refractivity contribution in [3.05, 3.63) is 35.4 Å². The molecule has 0 aliphatic rings. The van der Waals surface area contributed by atoms with Gasteiger partial charge in [-0.05, 0) is 18.1 Å². The monoisotopic (exact) mass is 163 g/mol. The molecular weight excluding hydrogens is 152 g/mol. The van der Waals surface area contributed by atoms with E-state index >= 15 is 0 Å². The molecule has 0 heterocycles. The Labute approximate surface area is 72.2 Å². The second-order valence-electron chi connectivity index (χ2n) is 2.42. The van der Waals surface area contributed by atoms with Crippen LogP contribution >= 0.6 is 0 Å². The zero-order valence-electron chi connectivity index (χ0n) is 7.26. The Morgan fingerprint density at radius 2 is 2.42 bits per heavy atom. The SMILES string of the molecule is CCc1ccc[c]c1C(=O)OC. The molecule has 0 fully saturated rings. The predicted octanol–water partition coefficient (Wildman–Crippen LogP) is 1.84. The van der Waals surface area contributed by atoms with Gasteiger partial charge in [-0.2, -0.15) is 0 Å². The molecule has 0 atom stereocenters. The fourth-order valence-electron chi connectivity index (χ4n) is 1.06. The molecule has 0 saturated heterocycles. The van der Waals surface area contributed by atoms with Gasteiger partial charge in [-0.1, -0.05) is 25.1 Å². The van der Waals surface area contributed by atoms with E-state index in [0.29, 0.717) is 5.56 Å². The maximum Gasteiger partial charge on any atom is 0.338 e. The number of rotatable bonds is 2. The zero-order chi connectivity index (χ0) is 8.97. The Morgan fingerprint density at radius 3 is 3.00 bits per heavy atom. The van der Waals surface area contributed by atoms with Crippen LogP contribution in [0.25, 0.3) is 0 Å². The molecule has 1 aromatic rings. The number of benzene rings is 1. The van der Waals surface area contributed by atoms with Crippen molar-refractivity contribution in [2.24, 2.45) is 0 Å². The Bertz CT molecular complexity index is 279. The number of hydrogen-bond acceptors (Lipinski definition) is 2. The van der Waals surface area contributed by atoms with E-state index < -0.39 is 0 Å². The largest absolute Gasteiger partial charge is 0.465 e. The molecule has 63 valence electrons. The van der Waals surface area contributed by atoms with E-state index in [4.69, 9.17) is 0 Å². The highest BCUT2D eigenvalue weighted by Crippen LogP contribution is 2.09. The van der Waals surface area contributed by atoms with E-state index in [1.165, 1.54) is 7.11 Å². The number of ether oxygens (including phenoxy) is 1. The summed E-state index contributed by atoms with van der Waals surface area (Å²) in [5.74, 6) is -0.313. The molecule has 1 radical (unpaired) electrons. The summed E-state index contributed by atoms with van der Waals surface area (Å²) in [6.45, 7) is 2.00. The van der Waals surface area contributed by atoms with Gasteiger partial charge in [0.15, 0.2) is 0 Å². The molecule has 12 heavy (non-hydrogen) atoms. The smallest absolute Gasteiger partial charge is 0.338 e. The number of carbonyl (C=O) groups excluding carboxylic acids is 1. The maximum atomic E-state index is 11.1. The van der Waals surface area contributed by atoms with Gasteiger partial charge < -0.3 is 4.74 Å². The molecule has 2 heteroatoms. The van der Waals surface area contributed by atoms with Crippen LogP contribution in [0.3, 0.4) is 0 Å². The van der Waals surface area contributed by atoms with Crippen molar-refractivity contribution in [3.8, 4) is 0 Å². The minimum Gasteiger partial charge on any atom is -0.465 e. The highest BCUT2D eigenvalue weighted by molar-refractivity contribution is 5.90. The fraction of sp³-hybridized carbons (Fsp3) is 0.300. The standard InChI is InChI=1S/C10H11O2/c1-3-8-6-4-5-7-9(8)10(11)12-2/h4-6H,3H2,1-2H3. The molecule has 2 nitrogen and oxygen atoms in total. The number of carbonyl (C=O) groups is 1.